The highest BCUT2D eigenvalue weighted by atomic mass is 19.4. The molecule has 2 aromatic rings. The molecular formula is C23H26F3N3O3. The van der Waals surface area contributed by atoms with Crippen molar-refractivity contribution in [3.63, 3.8) is 0 Å². The molecule has 0 unspecified atom stereocenters. The van der Waals surface area contributed by atoms with E-state index in [1.165, 1.54) is 19.2 Å². The molecule has 0 radical (unpaired) electrons. The van der Waals surface area contributed by atoms with Gasteiger partial charge >= 0.3 is 6.18 Å². The Hall–Kier alpha value is -3.07. The van der Waals surface area contributed by atoms with Crippen molar-refractivity contribution in [3.8, 4) is 5.75 Å². The Bertz CT molecular complexity index is 932. The van der Waals surface area contributed by atoms with Crippen molar-refractivity contribution < 1.29 is 27.5 Å². The van der Waals surface area contributed by atoms with Crippen molar-refractivity contribution in [3.05, 3.63) is 65.2 Å². The van der Waals surface area contributed by atoms with E-state index in [0.29, 0.717) is 37.5 Å². The zero-order valence-corrected chi connectivity index (χ0v) is 17.8. The summed E-state index contributed by atoms with van der Waals surface area (Å²) in [4.78, 5) is 28.8. The van der Waals surface area contributed by atoms with E-state index in [2.05, 4.69) is 10.2 Å². The van der Waals surface area contributed by atoms with Gasteiger partial charge in [-0.15, -0.1) is 0 Å². The number of alkyl halides is 3. The number of methoxy groups -OCH3 is 1. The van der Waals surface area contributed by atoms with Gasteiger partial charge < -0.3 is 15.0 Å². The number of hydrogen-bond donors (Lipinski definition) is 1. The standard InChI is InChI=1S/C23H26F3N3O3/c1-32-20-6-3-2-5-19(20)22(31)27-15-21(30)29-12-4-11-28(13-14-29)16-17-7-9-18(10-8-17)23(24,25)26/h2-3,5-10H,4,11-16H2,1H3,(H,27,31). The van der Waals surface area contributed by atoms with E-state index in [-0.39, 0.29) is 18.4 Å². The third kappa shape index (κ3) is 6.23. The van der Waals surface area contributed by atoms with Gasteiger partial charge in [-0.1, -0.05) is 24.3 Å². The fraction of sp³-hybridized carbons (Fsp3) is 0.391. The van der Waals surface area contributed by atoms with E-state index in [1.54, 1.807) is 29.2 Å². The molecule has 0 saturated carbocycles. The largest absolute Gasteiger partial charge is 0.496 e. The van der Waals surface area contributed by atoms with Gasteiger partial charge in [0.05, 0.1) is 24.8 Å². The summed E-state index contributed by atoms with van der Waals surface area (Å²) < 4.78 is 43.3. The lowest BCUT2D eigenvalue weighted by atomic mass is 10.1. The number of carbonyl (C=O) groups is 2. The zero-order valence-electron chi connectivity index (χ0n) is 17.8. The summed E-state index contributed by atoms with van der Waals surface area (Å²) >= 11 is 0. The fourth-order valence-electron chi connectivity index (χ4n) is 3.63. The number of benzene rings is 2. The highest BCUT2D eigenvalue weighted by Gasteiger charge is 2.30. The smallest absolute Gasteiger partial charge is 0.416 e. The Labute approximate surface area is 184 Å². The first-order valence-electron chi connectivity index (χ1n) is 10.4. The van der Waals surface area contributed by atoms with Crippen LogP contribution in [0.4, 0.5) is 13.2 Å². The highest BCUT2D eigenvalue weighted by molar-refractivity contribution is 5.98. The topological polar surface area (TPSA) is 61.9 Å². The first-order valence-corrected chi connectivity index (χ1v) is 10.4. The molecule has 0 aliphatic carbocycles. The van der Waals surface area contributed by atoms with Gasteiger partial charge in [0, 0.05) is 32.7 Å². The number of amides is 2. The van der Waals surface area contributed by atoms with E-state index < -0.39 is 11.7 Å². The highest BCUT2D eigenvalue weighted by Crippen LogP contribution is 2.29. The van der Waals surface area contributed by atoms with E-state index in [0.717, 1.165) is 30.7 Å². The number of carbonyl (C=O) groups excluding carboxylic acids is 2. The number of hydrogen-bond acceptors (Lipinski definition) is 4. The molecule has 1 aliphatic heterocycles. The number of halogens is 3. The van der Waals surface area contributed by atoms with Gasteiger partial charge in [-0.3, -0.25) is 14.5 Å². The Balaban J connectivity index is 1.49. The Morgan fingerprint density at radius 3 is 2.41 bits per heavy atom. The summed E-state index contributed by atoms with van der Waals surface area (Å²) in [5, 5.41) is 2.64. The molecule has 1 saturated heterocycles. The lowest BCUT2D eigenvalue weighted by Crippen LogP contribution is -2.42. The van der Waals surface area contributed by atoms with E-state index in [4.69, 9.17) is 4.74 Å². The molecule has 3 rings (SSSR count). The van der Waals surface area contributed by atoms with Crippen molar-refractivity contribution in [2.45, 2.75) is 19.1 Å². The van der Waals surface area contributed by atoms with Crippen LogP contribution in [0.3, 0.4) is 0 Å². The van der Waals surface area contributed by atoms with Crippen LogP contribution in [0, 0.1) is 0 Å². The van der Waals surface area contributed by atoms with Crippen LogP contribution in [-0.4, -0.2) is 61.4 Å². The summed E-state index contributed by atoms with van der Waals surface area (Å²) in [5.74, 6) is -0.120. The molecule has 0 atom stereocenters. The van der Waals surface area contributed by atoms with Crippen LogP contribution < -0.4 is 10.1 Å². The second-order valence-electron chi connectivity index (χ2n) is 7.59. The number of rotatable bonds is 6. The van der Waals surface area contributed by atoms with E-state index in [1.807, 2.05) is 0 Å². The summed E-state index contributed by atoms with van der Waals surface area (Å²) in [7, 11) is 1.48. The first-order chi connectivity index (χ1) is 15.3. The average Bonchev–Trinajstić information content (AvgIpc) is 3.02. The van der Waals surface area contributed by atoms with Crippen LogP contribution in [0.1, 0.15) is 27.9 Å². The van der Waals surface area contributed by atoms with Crippen molar-refractivity contribution in [1.29, 1.82) is 0 Å². The van der Waals surface area contributed by atoms with Gasteiger partial charge in [-0.05, 0) is 36.2 Å². The molecule has 172 valence electrons. The molecule has 9 heteroatoms. The molecule has 6 nitrogen and oxygen atoms in total. The van der Waals surface area contributed by atoms with Gasteiger partial charge in [-0.25, -0.2) is 0 Å². The maximum absolute atomic E-state index is 12.7. The maximum Gasteiger partial charge on any atom is 0.416 e. The van der Waals surface area contributed by atoms with E-state index >= 15 is 0 Å². The maximum atomic E-state index is 12.7. The second kappa shape index (κ2) is 10.5. The van der Waals surface area contributed by atoms with Gasteiger partial charge in [0.2, 0.25) is 5.91 Å². The number of para-hydroxylation sites is 1. The van der Waals surface area contributed by atoms with Crippen LogP contribution >= 0.6 is 0 Å². The van der Waals surface area contributed by atoms with Crippen LogP contribution in [0.15, 0.2) is 48.5 Å². The molecule has 1 aliphatic rings. The fourth-order valence-corrected chi connectivity index (χ4v) is 3.63. The van der Waals surface area contributed by atoms with Crippen molar-refractivity contribution in [1.82, 2.24) is 15.1 Å². The van der Waals surface area contributed by atoms with Crippen molar-refractivity contribution >= 4 is 11.8 Å². The number of nitrogens with one attached hydrogen (secondary N) is 1. The minimum absolute atomic E-state index is 0.115. The lowest BCUT2D eigenvalue weighted by Gasteiger charge is -2.22. The summed E-state index contributed by atoms with van der Waals surface area (Å²) in [6.45, 7) is 2.79. The zero-order chi connectivity index (χ0) is 23.1. The van der Waals surface area contributed by atoms with Gasteiger partial charge in [-0.2, -0.15) is 13.2 Å². The summed E-state index contributed by atoms with van der Waals surface area (Å²) in [6.07, 6.45) is -3.60. The van der Waals surface area contributed by atoms with Crippen LogP contribution in [0.25, 0.3) is 0 Å². The third-order valence-corrected chi connectivity index (χ3v) is 5.38. The Kier molecular flexibility index (Phi) is 7.74. The van der Waals surface area contributed by atoms with Gasteiger partial charge in [0.15, 0.2) is 0 Å². The normalized spacial score (nSPS) is 15.2. The monoisotopic (exact) mass is 449 g/mol. The molecule has 2 amide bonds. The molecule has 0 aromatic heterocycles. The molecule has 2 aromatic carbocycles. The van der Waals surface area contributed by atoms with Gasteiger partial charge in [0.1, 0.15) is 5.75 Å². The average molecular weight is 449 g/mol. The molecule has 32 heavy (non-hydrogen) atoms. The molecule has 1 fully saturated rings. The van der Waals surface area contributed by atoms with Crippen LogP contribution in [-0.2, 0) is 17.5 Å². The number of nitrogens with zero attached hydrogens (tertiary/aromatic N) is 2. The summed E-state index contributed by atoms with van der Waals surface area (Å²) in [6, 6.07) is 11.9. The Morgan fingerprint density at radius 1 is 1.00 bits per heavy atom. The molecular weight excluding hydrogens is 423 g/mol. The van der Waals surface area contributed by atoms with E-state index in [9.17, 15) is 22.8 Å². The van der Waals surface area contributed by atoms with Crippen LogP contribution in [0.2, 0.25) is 0 Å². The predicted molar refractivity (Wildman–Crippen MR) is 113 cm³/mol. The quantitative estimate of drug-likeness (QED) is 0.736. The lowest BCUT2D eigenvalue weighted by molar-refractivity contribution is -0.137. The van der Waals surface area contributed by atoms with Crippen LogP contribution in [0.5, 0.6) is 5.75 Å². The molecule has 1 heterocycles. The Morgan fingerprint density at radius 2 is 1.72 bits per heavy atom. The second-order valence-corrected chi connectivity index (χ2v) is 7.59. The minimum atomic E-state index is -4.34. The molecule has 0 bridgehead atoms. The molecule has 1 N–H and O–H groups in total. The summed E-state index contributed by atoms with van der Waals surface area (Å²) in [5.41, 5.74) is 0.493. The predicted octanol–water partition coefficient (Wildman–Crippen LogP) is 3.18. The van der Waals surface area contributed by atoms with Gasteiger partial charge in [0.25, 0.3) is 5.91 Å². The van der Waals surface area contributed by atoms with Crippen molar-refractivity contribution in [2.75, 3.05) is 39.8 Å². The molecule has 0 spiro atoms. The number of ether oxygens (including phenoxy) is 1. The SMILES string of the molecule is COc1ccccc1C(=O)NCC(=O)N1CCCN(Cc2ccc(C(F)(F)F)cc2)CC1. The first kappa shape index (κ1) is 23.6. The third-order valence-electron chi connectivity index (χ3n) is 5.38. The van der Waals surface area contributed by atoms with Crippen molar-refractivity contribution in [2.24, 2.45) is 0 Å². The minimum Gasteiger partial charge on any atom is -0.496 e.